The number of aryl methyl sites for hydroxylation is 1. The molecule has 0 fully saturated rings. The maximum absolute atomic E-state index is 5.26. The van der Waals surface area contributed by atoms with E-state index in [4.69, 9.17) is 7.98 Å². The molecule has 1 rings (SSSR count). The van der Waals surface area contributed by atoms with Gasteiger partial charge in [0.25, 0.3) is 7.98 Å². The highest BCUT2D eigenvalue weighted by Crippen LogP contribution is 1.94. The molecule has 0 aliphatic heterocycles. The Hall–Kier alpha value is -0.725. The van der Waals surface area contributed by atoms with Crippen LogP contribution in [0.3, 0.4) is 0 Å². The first-order chi connectivity index (χ1) is 3.83. The van der Waals surface area contributed by atoms with E-state index in [1.165, 1.54) is 10.2 Å². The molecule has 0 aliphatic rings. The lowest BCUT2D eigenvalue weighted by molar-refractivity contribution is 0.991. The molecule has 1 heterocycles. The third-order valence-corrected chi connectivity index (χ3v) is 1.06. The Kier molecular flexibility index (Phi) is 1.37. The molecule has 0 amide bonds. The Labute approximate surface area is 49.9 Å². The van der Waals surface area contributed by atoms with E-state index in [2.05, 4.69) is 12.0 Å². The molecular weight excluding hydrogens is 98.9 g/mol. The second kappa shape index (κ2) is 2.03. The van der Waals surface area contributed by atoms with E-state index in [0.29, 0.717) is 0 Å². The van der Waals surface area contributed by atoms with Crippen LogP contribution in [0.2, 0.25) is 0 Å². The van der Waals surface area contributed by atoms with Crippen molar-refractivity contribution in [3.8, 4) is 0 Å². The van der Waals surface area contributed by atoms with Gasteiger partial charge in [-0.05, 0) is 12.0 Å². The van der Waals surface area contributed by atoms with Gasteiger partial charge in [-0.25, -0.2) is 0 Å². The minimum atomic E-state index is 0.997. The quantitative estimate of drug-likeness (QED) is 0.473. The van der Waals surface area contributed by atoms with Crippen molar-refractivity contribution in [3.63, 3.8) is 0 Å². The summed E-state index contributed by atoms with van der Waals surface area (Å²) in [4.78, 5) is 0. The van der Waals surface area contributed by atoms with E-state index < -0.39 is 0 Å². The maximum Gasteiger partial charge on any atom is 0.264 e. The first-order valence-corrected chi connectivity index (χ1v) is 2.61. The average molecular weight is 106 g/mol. The summed E-state index contributed by atoms with van der Waals surface area (Å²) in [5.41, 5.74) is 1.17. The van der Waals surface area contributed by atoms with Crippen LogP contribution in [-0.4, -0.2) is 17.7 Å². The van der Waals surface area contributed by atoms with E-state index in [1.54, 1.807) is 12.4 Å². The van der Waals surface area contributed by atoms with Gasteiger partial charge in [0.05, 0.1) is 6.20 Å². The fourth-order valence-corrected chi connectivity index (χ4v) is 0.560. The summed E-state index contributed by atoms with van der Waals surface area (Å²) in [5.74, 6) is 0. The minimum absolute atomic E-state index is 0.997. The molecule has 1 aromatic heterocycles. The predicted octanol–water partition coefficient (Wildman–Crippen LogP) is 0.377. The van der Waals surface area contributed by atoms with E-state index in [1.807, 2.05) is 0 Å². The topological polar surface area (TPSA) is 17.8 Å². The normalized spacial score (nSPS) is 9.62. The molecule has 0 unspecified atom stereocenters. The van der Waals surface area contributed by atoms with Crippen molar-refractivity contribution in [2.75, 3.05) is 0 Å². The van der Waals surface area contributed by atoms with Gasteiger partial charge < -0.3 is 4.59 Å². The molecule has 2 nitrogen and oxygen atoms in total. The Bertz CT molecular complexity index is 171. The van der Waals surface area contributed by atoms with Gasteiger partial charge in [-0.3, -0.25) is 0 Å². The van der Waals surface area contributed by atoms with Gasteiger partial charge >= 0.3 is 0 Å². The molecule has 0 saturated heterocycles. The van der Waals surface area contributed by atoms with Crippen LogP contribution in [0.1, 0.15) is 12.5 Å². The van der Waals surface area contributed by atoms with Crippen LogP contribution >= 0.6 is 0 Å². The Morgan fingerprint density at radius 2 is 2.62 bits per heavy atom. The lowest BCUT2D eigenvalue weighted by atomic mass is 10.3. The number of rotatable bonds is 1. The summed E-state index contributed by atoms with van der Waals surface area (Å²) in [7, 11) is 5.26. The van der Waals surface area contributed by atoms with Crippen LogP contribution in [0.4, 0.5) is 0 Å². The summed E-state index contributed by atoms with van der Waals surface area (Å²) < 4.78 is 1.32. The van der Waals surface area contributed by atoms with E-state index >= 15 is 0 Å². The van der Waals surface area contributed by atoms with Gasteiger partial charge in [0, 0.05) is 6.20 Å². The second-order valence-corrected chi connectivity index (χ2v) is 1.68. The summed E-state index contributed by atoms with van der Waals surface area (Å²) in [6.07, 6.45) is 4.57. The first-order valence-electron chi connectivity index (χ1n) is 2.61. The molecule has 8 heavy (non-hydrogen) atoms. The van der Waals surface area contributed by atoms with Crippen LogP contribution < -0.4 is 0 Å². The van der Waals surface area contributed by atoms with Crippen molar-refractivity contribution >= 4 is 7.98 Å². The number of hydrogen-bond donors (Lipinski definition) is 0. The maximum atomic E-state index is 5.26. The number of hydrogen-bond acceptors (Lipinski definition) is 1. The molecule has 0 aliphatic carbocycles. The Balaban J connectivity index is 2.84. The first kappa shape index (κ1) is 5.41. The fraction of sp³-hybridized carbons (Fsp3) is 0.400. The fourth-order valence-electron chi connectivity index (χ4n) is 0.560. The van der Waals surface area contributed by atoms with Gasteiger partial charge in [-0.1, -0.05) is 6.92 Å². The lowest BCUT2D eigenvalue weighted by Crippen LogP contribution is -1.88. The monoisotopic (exact) mass is 106 g/mol. The summed E-state index contributed by atoms with van der Waals surface area (Å²) >= 11 is 0. The van der Waals surface area contributed by atoms with Gasteiger partial charge in [-0.15, -0.1) is 0 Å². The number of aromatic nitrogens is 2. The van der Waals surface area contributed by atoms with Gasteiger partial charge in [-0.2, -0.15) is 5.10 Å². The third-order valence-electron chi connectivity index (χ3n) is 1.06. The molecule has 0 N–H and O–H groups in total. The summed E-state index contributed by atoms with van der Waals surface area (Å²) in [6.45, 7) is 2.07. The molecule has 0 spiro atoms. The van der Waals surface area contributed by atoms with E-state index in [9.17, 15) is 0 Å². The van der Waals surface area contributed by atoms with Crippen LogP contribution in [0.15, 0.2) is 12.4 Å². The highest BCUT2D eigenvalue weighted by atomic mass is 15.2. The zero-order chi connectivity index (χ0) is 5.98. The lowest BCUT2D eigenvalue weighted by Gasteiger charge is -1.82. The minimum Gasteiger partial charge on any atom is -0.330 e. The second-order valence-electron chi connectivity index (χ2n) is 1.68. The highest BCUT2D eigenvalue weighted by molar-refractivity contribution is 6.05. The van der Waals surface area contributed by atoms with E-state index in [-0.39, 0.29) is 0 Å². The van der Waals surface area contributed by atoms with E-state index in [0.717, 1.165) is 6.42 Å². The van der Waals surface area contributed by atoms with Crippen molar-refractivity contribution in [2.45, 2.75) is 13.3 Å². The van der Waals surface area contributed by atoms with Crippen molar-refractivity contribution < 1.29 is 0 Å². The highest BCUT2D eigenvalue weighted by Gasteiger charge is 1.87. The zero-order valence-corrected chi connectivity index (χ0v) is 4.83. The molecule has 1 aromatic rings. The molecule has 0 bridgehead atoms. The number of nitrogens with zero attached hydrogens (tertiary/aromatic N) is 2. The predicted molar refractivity (Wildman–Crippen MR) is 32.8 cm³/mol. The van der Waals surface area contributed by atoms with Crippen LogP contribution in [0, 0.1) is 0 Å². The Morgan fingerprint density at radius 3 is 2.88 bits per heavy atom. The average Bonchev–Trinajstić information content (AvgIpc) is 2.14. The van der Waals surface area contributed by atoms with Gasteiger partial charge in [0.15, 0.2) is 0 Å². The smallest absolute Gasteiger partial charge is 0.264 e. The largest absolute Gasteiger partial charge is 0.330 e. The van der Waals surface area contributed by atoms with Crippen LogP contribution in [0.5, 0.6) is 0 Å². The van der Waals surface area contributed by atoms with Gasteiger partial charge in [0.2, 0.25) is 0 Å². The summed E-state index contributed by atoms with van der Waals surface area (Å²) in [6, 6.07) is 0. The molecule has 3 heteroatoms. The third kappa shape index (κ3) is 0.913. The zero-order valence-electron chi connectivity index (χ0n) is 4.83. The molecular formula is C5H7BN2. The standard InChI is InChI=1S/C5H7BN2/c1-2-5-3-7-8(6)4-5/h3-4H,2H2,1H3. The van der Waals surface area contributed by atoms with Crippen LogP contribution in [-0.2, 0) is 6.42 Å². The molecule has 40 valence electrons. The molecule has 2 radical (unpaired) electrons. The van der Waals surface area contributed by atoms with Crippen molar-refractivity contribution in [2.24, 2.45) is 0 Å². The van der Waals surface area contributed by atoms with Gasteiger partial charge in [0.1, 0.15) is 0 Å². The van der Waals surface area contributed by atoms with Crippen molar-refractivity contribution in [1.82, 2.24) is 9.69 Å². The molecule has 0 aromatic carbocycles. The van der Waals surface area contributed by atoms with Crippen molar-refractivity contribution in [3.05, 3.63) is 18.0 Å². The summed E-state index contributed by atoms with van der Waals surface area (Å²) in [5, 5.41) is 3.78. The van der Waals surface area contributed by atoms with Crippen LogP contribution in [0.25, 0.3) is 0 Å². The molecule has 0 saturated carbocycles. The molecule has 0 atom stereocenters. The SMILES string of the molecule is [B]n1cc(CC)cn1. The van der Waals surface area contributed by atoms with Crippen molar-refractivity contribution in [1.29, 1.82) is 0 Å². The Morgan fingerprint density at radius 1 is 1.88 bits per heavy atom.